The molecule has 0 fully saturated rings. The van der Waals surface area contributed by atoms with Crippen LogP contribution in [-0.2, 0) is 6.54 Å². The molecule has 2 aromatic carbocycles. The third-order valence-corrected chi connectivity index (χ3v) is 3.62. The van der Waals surface area contributed by atoms with E-state index in [1.807, 2.05) is 36.4 Å². The molecule has 0 aliphatic rings. The smallest absolute Gasteiger partial charge is 0.164 e. The van der Waals surface area contributed by atoms with Crippen molar-refractivity contribution in [2.45, 2.75) is 12.6 Å². The molecule has 5 nitrogen and oxygen atoms in total. The third-order valence-electron chi connectivity index (χ3n) is 3.62. The standard InChI is InChI=1S/C18H23NO4/c1-21-16-10-18(23-3)17(22-2)9-14(16)11-19-12-15(20)13-7-5-4-6-8-13/h4-10,15,19-20H,11-12H2,1-3H3/t15-/m1/s1. The maximum absolute atomic E-state index is 10.2. The number of hydrogen-bond donors (Lipinski definition) is 2. The summed E-state index contributed by atoms with van der Waals surface area (Å²) in [6, 6.07) is 13.2. The van der Waals surface area contributed by atoms with Gasteiger partial charge in [-0.3, -0.25) is 0 Å². The average molecular weight is 317 g/mol. The van der Waals surface area contributed by atoms with Crippen LogP contribution in [0.4, 0.5) is 0 Å². The molecule has 0 bridgehead atoms. The maximum atomic E-state index is 10.2. The Hall–Kier alpha value is -2.24. The van der Waals surface area contributed by atoms with Crippen LogP contribution < -0.4 is 19.5 Å². The second kappa shape index (κ2) is 8.41. The predicted molar refractivity (Wildman–Crippen MR) is 89.2 cm³/mol. The molecule has 0 aliphatic carbocycles. The second-order valence-electron chi connectivity index (χ2n) is 5.08. The zero-order valence-corrected chi connectivity index (χ0v) is 13.7. The van der Waals surface area contributed by atoms with Crippen LogP contribution in [0.2, 0.25) is 0 Å². The normalized spacial score (nSPS) is 11.8. The zero-order chi connectivity index (χ0) is 16.7. The number of aliphatic hydroxyl groups excluding tert-OH is 1. The highest BCUT2D eigenvalue weighted by Gasteiger charge is 2.12. The summed E-state index contributed by atoms with van der Waals surface area (Å²) in [6.45, 7) is 0.995. The highest BCUT2D eigenvalue weighted by atomic mass is 16.5. The minimum atomic E-state index is -0.553. The number of aliphatic hydroxyl groups is 1. The second-order valence-corrected chi connectivity index (χ2v) is 5.08. The topological polar surface area (TPSA) is 60.0 Å². The Morgan fingerprint density at radius 2 is 1.52 bits per heavy atom. The van der Waals surface area contributed by atoms with Gasteiger partial charge in [-0.2, -0.15) is 0 Å². The van der Waals surface area contributed by atoms with Crippen LogP contribution in [0.5, 0.6) is 17.2 Å². The van der Waals surface area contributed by atoms with Gasteiger partial charge in [-0.15, -0.1) is 0 Å². The van der Waals surface area contributed by atoms with Crippen molar-refractivity contribution in [3.8, 4) is 17.2 Å². The highest BCUT2D eigenvalue weighted by Crippen LogP contribution is 2.34. The predicted octanol–water partition coefficient (Wildman–Crippen LogP) is 2.54. The van der Waals surface area contributed by atoms with Crippen molar-refractivity contribution in [2.75, 3.05) is 27.9 Å². The molecule has 0 unspecified atom stereocenters. The largest absolute Gasteiger partial charge is 0.496 e. The van der Waals surface area contributed by atoms with E-state index in [-0.39, 0.29) is 0 Å². The van der Waals surface area contributed by atoms with E-state index in [4.69, 9.17) is 14.2 Å². The SMILES string of the molecule is COc1cc(OC)c(OC)cc1CNC[C@@H](O)c1ccccc1. The fourth-order valence-corrected chi connectivity index (χ4v) is 2.37. The minimum Gasteiger partial charge on any atom is -0.496 e. The molecule has 2 rings (SSSR count). The Labute approximate surface area is 136 Å². The lowest BCUT2D eigenvalue weighted by atomic mass is 10.1. The summed E-state index contributed by atoms with van der Waals surface area (Å²) in [7, 11) is 4.80. The molecule has 0 heterocycles. The van der Waals surface area contributed by atoms with Crippen LogP contribution in [0.15, 0.2) is 42.5 Å². The van der Waals surface area contributed by atoms with Gasteiger partial charge in [0.15, 0.2) is 11.5 Å². The molecule has 0 amide bonds. The fraction of sp³-hybridized carbons (Fsp3) is 0.333. The third kappa shape index (κ3) is 4.37. The van der Waals surface area contributed by atoms with Crippen molar-refractivity contribution in [1.29, 1.82) is 0 Å². The average Bonchev–Trinajstić information content (AvgIpc) is 2.61. The summed E-state index contributed by atoms with van der Waals surface area (Å²) in [5.74, 6) is 1.98. The number of rotatable bonds is 8. The molecule has 0 aliphatic heterocycles. The molecule has 124 valence electrons. The molecule has 0 saturated carbocycles. The molecule has 1 atom stereocenters. The van der Waals surface area contributed by atoms with E-state index < -0.39 is 6.10 Å². The van der Waals surface area contributed by atoms with Gasteiger partial charge < -0.3 is 24.6 Å². The molecule has 5 heteroatoms. The van der Waals surface area contributed by atoms with Gasteiger partial charge in [0.25, 0.3) is 0 Å². The van der Waals surface area contributed by atoms with Gasteiger partial charge in [0.2, 0.25) is 0 Å². The van der Waals surface area contributed by atoms with Gasteiger partial charge in [-0.25, -0.2) is 0 Å². The van der Waals surface area contributed by atoms with Crippen molar-refractivity contribution in [1.82, 2.24) is 5.32 Å². The van der Waals surface area contributed by atoms with Crippen LogP contribution in [0.3, 0.4) is 0 Å². The number of hydrogen-bond acceptors (Lipinski definition) is 5. The van der Waals surface area contributed by atoms with Crippen molar-refractivity contribution < 1.29 is 19.3 Å². The van der Waals surface area contributed by atoms with Gasteiger partial charge in [-0.05, 0) is 11.6 Å². The van der Waals surface area contributed by atoms with E-state index in [1.54, 1.807) is 27.4 Å². The quantitative estimate of drug-likeness (QED) is 0.783. The van der Waals surface area contributed by atoms with Crippen LogP contribution in [0, 0.1) is 0 Å². The Kier molecular flexibility index (Phi) is 6.26. The molecular weight excluding hydrogens is 294 g/mol. The number of methoxy groups -OCH3 is 3. The number of benzene rings is 2. The van der Waals surface area contributed by atoms with Crippen LogP contribution in [0.25, 0.3) is 0 Å². The monoisotopic (exact) mass is 317 g/mol. The van der Waals surface area contributed by atoms with E-state index in [9.17, 15) is 5.11 Å². The number of ether oxygens (including phenoxy) is 3. The van der Waals surface area contributed by atoms with Gasteiger partial charge >= 0.3 is 0 Å². The van der Waals surface area contributed by atoms with Gasteiger partial charge in [0.1, 0.15) is 5.75 Å². The van der Waals surface area contributed by atoms with Crippen molar-refractivity contribution in [2.24, 2.45) is 0 Å². The zero-order valence-electron chi connectivity index (χ0n) is 13.7. The lowest BCUT2D eigenvalue weighted by Gasteiger charge is -2.16. The molecule has 0 spiro atoms. The summed E-state index contributed by atoms with van der Waals surface area (Å²) in [6.07, 6.45) is -0.553. The molecule has 0 aromatic heterocycles. The van der Waals surface area contributed by atoms with Crippen LogP contribution >= 0.6 is 0 Å². The molecule has 23 heavy (non-hydrogen) atoms. The molecule has 2 aromatic rings. The van der Waals surface area contributed by atoms with Gasteiger partial charge in [0, 0.05) is 24.7 Å². The maximum Gasteiger partial charge on any atom is 0.164 e. The summed E-state index contributed by atoms with van der Waals surface area (Å²) in [5, 5.41) is 13.4. The van der Waals surface area contributed by atoms with Gasteiger partial charge in [0.05, 0.1) is 27.4 Å². The first-order valence-electron chi connectivity index (χ1n) is 7.42. The van der Waals surface area contributed by atoms with E-state index >= 15 is 0 Å². The first-order chi connectivity index (χ1) is 11.2. The first kappa shape index (κ1) is 17.1. The molecule has 0 saturated heterocycles. The summed E-state index contributed by atoms with van der Waals surface area (Å²) < 4.78 is 16.0. The lowest BCUT2D eigenvalue weighted by molar-refractivity contribution is 0.174. The highest BCUT2D eigenvalue weighted by molar-refractivity contribution is 5.50. The first-order valence-corrected chi connectivity index (χ1v) is 7.42. The lowest BCUT2D eigenvalue weighted by Crippen LogP contribution is -2.21. The van der Waals surface area contributed by atoms with Crippen molar-refractivity contribution >= 4 is 0 Å². The summed E-state index contributed by atoms with van der Waals surface area (Å²) in [5.41, 5.74) is 1.82. The Morgan fingerprint density at radius 3 is 2.13 bits per heavy atom. The van der Waals surface area contributed by atoms with Crippen molar-refractivity contribution in [3.63, 3.8) is 0 Å². The summed E-state index contributed by atoms with van der Waals surface area (Å²) >= 11 is 0. The molecule has 2 N–H and O–H groups in total. The fourth-order valence-electron chi connectivity index (χ4n) is 2.37. The van der Waals surface area contributed by atoms with Crippen molar-refractivity contribution in [3.05, 3.63) is 53.6 Å². The van der Waals surface area contributed by atoms with E-state index in [0.717, 1.165) is 11.1 Å². The Balaban J connectivity index is 2.02. The van der Waals surface area contributed by atoms with E-state index in [2.05, 4.69) is 5.32 Å². The van der Waals surface area contributed by atoms with E-state index in [1.165, 1.54) is 0 Å². The van der Waals surface area contributed by atoms with Crippen LogP contribution in [-0.4, -0.2) is 33.0 Å². The van der Waals surface area contributed by atoms with Crippen LogP contribution in [0.1, 0.15) is 17.2 Å². The Morgan fingerprint density at radius 1 is 0.913 bits per heavy atom. The minimum absolute atomic E-state index is 0.446. The Bertz CT molecular complexity index is 616. The summed E-state index contributed by atoms with van der Waals surface area (Å²) in [4.78, 5) is 0. The number of nitrogens with one attached hydrogen (secondary N) is 1. The van der Waals surface area contributed by atoms with E-state index in [0.29, 0.717) is 30.3 Å². The molecular formula is C18H23NO4. The molecule has 0 radical (unpaired) electrons. The van der Waals surface area contributed by atoms with Gasteiger partial charge in [-0.1, -0.05) is 30.3 Å².